The molecular weight excluding hydrogens is 553 g/mol. The number of benzene rings is 9. The van der Waals surface area contributed by atoms with Gasteiger partial charge in [0.15, 0.2) is 0 Å². The zero-order chi connectivity index (χ0) is 30.5. The summed E-state index contributed by atoms with van der Waals surface area (Å²) in [5.74, 6) is 0. The molecule has 0 radical (unpaired) electrons. The first-order valence-electron chi connectivity index (χ1n) is 16.0. The third-order valence-electron chi connectivity index (χ3n) is 9.39. The van der Waals surface area contributed by atoms with E-state index in [0.29, 0.717) is 0 Å². The molecule has 0 saturated heterocycles. The summed E-state index contributed by atoms with van der Waals surface area (Å²) in [6, 6.07) is 66.4. The number of hydrogen-bond donors (Lipinski definition) is 0. The molecule has 0 aliphatic heterocycles. The summed E-state index contributed by atoms with van der Waals surface area (Å²) in [6.07, 6.45) is 0. The van der Waals surface area contributed by atoms with E-state index in [-0.39, 0.29) is 0 Å². The second kappa shape index (κ2) is 10.9. The van der Waals surface area contributed by atoms with E-state index in [9.17, 15) is 0 Å². The molecule has 0 atom stereocenters. The van der Waals surface area contributed by atoms with Gasteiger partial charge in [0, 0.05) is 0 Å². The molecule has 0 amide bonds. The third kappa shape index (κ3) is 4.15. The lowest BCUT2D eigenvalue weighted by molar-refractivity contribution is 1.61. The second-order valence-electron chi connectivity index (χ2n) is 12.0. The molecule has 0 heterocycles. The molecule has 9 rings (SSSR count). The summed E-state index contributed by atoms with van der Waals surface area (Å²) in [7, 11) is 0. The van der Waals surface area contributed by atoms with Crippen LogP contribution in [0.4, 0.5) is 0 Å². The monoisotopic (exact) mass is 582 g/mol. The summed E-state index contributed by atoms with van der Waals surface area (Å²) >= 11 is 0. The molecule has 214 valence electrons. The lowest BCUT2D eigenvalue weighted by Gasteiger charge is -2.26. The van der Waals surface area contributed by atoms with Crippen LogP contribution in [0, 0.1) is 0 Å². The minimum absolute atomic E-state index is 1.22. The van der Waals surface area contributed by atoms with Gasteiger partial charge in [0.25, 0.3) is 0 Å². The smallest absolute Gasteiger partial charge is 0.00130 e. The van der Waals surface area contributed by atoms with Crippen LogP contribution in [0.15, 0.2) is 182 Å². The molecule has 0 saturated carbocycles. The molecule has 0 aliphatic carbocycles. The van der Waals surface area contributed by atoms with Gasteiger partial charge in [-0.2, -0.15) is 0 Å². The highest BCUT2D eigenvalue weighted by Gasteiger charge is 2.26. The maximum atomic E-state index is 2.44. The van der Waals surface area contributed by atoms with E-state index >= 15 is 0 Å². The van der Waals surface area contributed by atoms with E-state index in [1.54, 1.807) is 0 Å². The van der Waals surface area contributed by atoms with E-state index < -0.39 is 0 Å². The van der Waals surface area contributed by atoms with Crippen molar-refractivity contribution < 1.29 is 0 Å². The molecule has 0 nitrogen and oxygen atoms in total. The van der Waals surface area contributed by atoms with Gasteiger partial charge in [0.1, 0.15) is 0 Å². The Balaban J connectivity index is 1.61. The number of hydrogen-bond acceptors (Lipinski definition) is 0. The lowest BCUT2D eigenvalue weighted by Crippen LogP contribution is -1.98. The average Bonchev–Trinajstić information content (AvgIpc) is 3.14. The largest absolute Gasteiger partial charge is 0.0622 e. The van der Waals surface area contributed by atoms with Gasteiger partial charge in [-0.1, -0.05) is 170 Å². The van der Waals surface area contributed by atoms with Crippen molar-refractivity contribution >= 4 is 32.3 Å². The fourth-order valence-corrected chi connectivity index (χ4v) is 7.50. The molecule has 0 N–H and O–H groups in total. The van der Waals surface area contributed by atoms with Crippen LogP contribution >= 0.6 is 0 Å². The highest BCUT2D eigenvalue weighted by atomic mass is 14.3. The summed E-state index contributed by atoms with van der Waals surface area (Å²) < 4.78 is 0. The Bertz CT molecular complexity index is 2310. The minimum Gasteiger partial charge on any atom is -0.0622 e. The van der Waals surface area contributed by atoms with E-state index in [2.05, 4.69) is 182 Å². The molecule has 0 unspecified atom stereocenters. The summed E-state index contributed by atoms with van der Waals surface area (Å²) in [5, 5.41) is 7.77. The van der Waals surface area contributed by atoms with Gasteiger partial charge in [0.05, 0.1) is 0 Å². The summed E-state index contributed by atoms with van der Waals surface area (Å²) in [4.78, 5) is 0. The van der Waals surface area contributed by atoms with Gasteiger partial charge < -0.3 is 0 Å². The van der Waals surface area contributed by atoms with Crippen LogP contribution in [0.1, 0.15) is 0 Å². The summed E-state index contributed by atoms with van der Waals surface area (Å²) in [5.41, 5.74) is 12.5. The normalized spacial score (nSPS) is 11.5. The van der Waals surface area contributed by atoms with Gasteiger partial charge in [-0.15, -0.1) is 0 Å². The Hall–Kier alpha value is -5.98. The second-order valence-corrected chi connectivity index (χ2v) is 12.0. The first-order valence-corrected chi connectivity index (χ1v) is 16.0. The molecule has 0 bridgehead atoms. The van der Waals surface area contributed by atoms with Crippen molar-refractivity contribution in [2.45, 2.75) is 0 Å². The first kappa shape index (κ1) is 26.4. The Kier molecular flexibility index (Phi) is 6.25. The number of rotatable bonds is 5. The van der Waals surface area contributed by atoms with Gasteiger partial charge >= 0.3 is 0 Å². The SMILES string of the molecule is c1ccc(-c2cc3c(-c4ccccc4)c(-c4ccccc4)c4cccc5c(-c6ccccc6)c(-c6ccccc6)c(c2)c3c45)cc1. The molecule has 0 heteroatoms. The molecule has 46 heavy (non-hydrogen) atoms. The van der Waals surface area contributed by atoms with E-state index in [1.807, 2.05) is 0 Å². The molecule has 9 aromatic carbocycles. The zero-order valence-electron chi connectivity index (χ0n) is 25.3. The third-order valence-corrected chi connectivity index (χ3v) is 9.39. The Morgan fingerprint density at radius 3 is 0.826 bits per heavy atom. The molecule has 0 spiro atoms. The average molecular weight is 583 g/mol. The van der Waals surface area contributed by atoms with Crippen molar-refractivity contribution in [2.24, 2.45) is 0 Å². The molecule has 9 aromatic rings. The van der Waals surface area contributed by atoms with Crippen molar-refractivity contribution in [2.75, 3.05) is 0 Å². The van der Waals surface area contributed by atoms with Crippen LogP contribution in [0.3, 0.4) is 0 Å². The quantitative estimate of drug-likeness (QED) is 0.177. The van der Waals surface area contributed by atoms with Crippen LogP contribution in [0.2, 0.25) is 0 Å². The van der Waals surface area contributed by atoms with Gasteiger partial charge in [-0.3, -0.25) is 0 Å². The van der Waals surface area contributed by atoms with Crippen molar-refractivity contribution in [1.82, 2.24) is 0 Å². The van der Waals surface area contributed by atoms with E-state index in [4.69, 9.17) is 0 Å². The highest BCUT2D eigenvalue weighted by molar-refractivity contribution is 6.36. The fraction of sp³-hybridized carbons (Fsp3) is 0. The van der Waals surface area contributed by atoms with Crippen LogP contribution in [0.25, 0.3) is 88.0 Å². The van der Waals surface area contributed by atoms with Crippen molar-refractivity contribution in [3.05, 3.63) is 182 Å². The fourth-order valence-electron chi connectivity index (χ4n) is 7.50. The lowest BCUT2D eigenvalue weighted by atomic mass is 9.77. The zero-order valence-corrected chi connectivity index (χ0v) is 25.3. The van der Waals surface area contributed by atoms with Gasteiger partial charge in [-0.25, -0.2) is 0 Å². The Morgan fingerprint density at radius 2 is 0.478 bits per heavy atom. The van der Waals surface area contributed by atoms with Gasteiger partial charge in [0.2, 0.25) is 0 Å². The molecule has 0 aromatic heterocycles. The van der Waals surface area contributed by atoms with Crippen LogP contribution in [-0.4, -0.2) is 0 Å². The molecular formula is C46H30. The Morgan fingerprint density at radius 1 is 0.196 bits per heavy atom. The van der Waals surface area contributed by atoms with Crippen molar-refractivity contribution in [1.29, 1.82) is 0 Å². The Labute approximate surface area is 269 Å². The highest BCUT2D eigenvalue weighted by Crippen LogP contribution is 2.53. The summed E-state index contributed by atoms with van der Waals surface area (Å²) in [6.45, 7) is 0. The predicted molar refractivity (Wildman–Crippen MR) is 197 cm³/mol. The van der Waals surface area contributed by atoms with Crippen LogP contribution < -0.4 is 0 Å². The van der Waals surface area contributed by atoms with E-state index in [0.717, 1.165) is 0 Å². The van der Waals surface area contributed by atoms with Gasteiger partial charge in [-0.05, 0) is 100 Å². The van der Waals surface area contributed by atoms with Crippen LogP contribution in [0.5, 0.6) is 0 Å². The molecule has 0 fully saturated rings. The first-order chi connectivity index (χ1) is 22.9. The van der Waals surface area contributed by atoms with Crippen molar-refractivity contribution in [3.8, 4) is 55.6 Å². The minimum atomic E-state index is 1.22. The van der Waals surface area contributed by atoms with E-state index in [1.165, 1.54) is 88.0 Å². The topological polar surface area (TPSA) is 0 Å². The van der Waals surface area contributed by atoms with Crippen molar-refractivity contribution in [3.63, 3.8) is 0 Å². The molecule has 0 aliphatic rings. The standard InChI is InChI=1S/C46H30/c1-6-17-31(18-7-1)36-29-39-43(34-23-12-4-13-24-34)41(32-19-8-2-9-20-32)37-27-16-28-38-42(33-21-10-3-11-22-33)44(35-25-14-5-15-26-35)40(30-36)46(39)45(37)38/h1-30H. The predicted octanol–water partition coefficient (Wildman–Crippen LogP) is 12.9. The van der Waals surface area contributed by atoms with Crippen LogP contribution in [-0.2, 0) is 0 Å². The maximum absolute atomic E-state index is 2.44. The maximum Gasteiger partial charge on any atom is -0.00130 e.